The Morgan fingerprint density at radius 3 is 2.93 bits per heavy atom. The Kier molecular flexibility index (Phi) is 4.32. The third-order valence-corrected chi connectivity index (χ3v) is 1.81. The molecule has 3 nitrogen and oxygen atoms in total. The third-order valence-electron chi connectivity index (χ3n) is 1.81. The van der Waals surface area contributed by atoms with Gasteiger partial charge in [-0.2, -0.15) is 0 Å². The maximum absolute atomic E-state index is 12.5. The van der Waals surface area contributed by atoms with Gasteiger partial charge in [-0.25, -0.2) is 9.37 Å². The van der Waals surface area contributed by atoms with Crippen LogP contribution in [0.4, 0.5) is 10.2 Å². The minimum absolute atomic E-state index is 0.319. The largest absolute Gasteiger partial charge is 0.384 e. The van der Waals surface area contributed by atoms with Crippen LogP contribution in [-0.2, 0) is 4.74 Å². The van der Waals surface area contributed by atoms with Gasteiger partial charge in [0, 0.05) is 13.7 Å². The van der Waals surface area contributed by atoms with Gasteiger partial charge < -0.3 is 10.1 Å². The van der Waals surface area contributed by atoms with Gasteiger partial charge in [0.25, 0.3) is 0 Å². The summed E-state index contributed by atoms with van der Waals surface area (Å²) >= 11 is 0. The van der Waals surface area contributed by atoms with Crippen molar-refractivity contribution in [2.24, 2.45) is 5.92 Å². The average molecular weight is 198 g/mol. The zero-order chi connectivity index (χ0) is 10.4. The number of methoxy groups -OCH3 is 1. The van der Waals surface area contributed by atoms with Crippen LogP contribution >= 0.6 is 0 Å². The van der Waals surface area contributed by atoms with Gasteiger partial charge >= 0.3 is 0 Å². The Balaban J connectivity index is 2.34. The lowest BCUT2D eigenvalue weighted by Crippen LogP contribution is -2.16. The lowest BCUT2D eigenvalue weighted by molar-refractivity contribution is 0.164. The molecule has 78 valence electrons. The van der Waals surface area contributed by atoms with Crippen LogP contribution in [0, 0.1) is 11.7 Å². The predicted octanol–water partition coefficient (Wildman–Crippen LogP) is 1.92. The molecule has 0 aromatic carbocycles. The number of rotatable bonds is 5. The van der Waals surface area contributed by atoms with Gasteiger partial charge in [0.05, 0.1) is 12.8 Å². The Labute approximate surface area is 83.3 Å². The van der Waals surface area contributed by atoms with Crippen LogP contribution in [0.3, 0.4) is 0 Å². The van der Waals surface area contributed by atoms with Crippen molar-refractivity contribution in [2.75, 3.05) is 25.6 Å². The van der Waals surface area contributed by atoms with Gasteiger partial charge in [-0.05, 0) is 18.1 Å². The number of halogens is 1. The molecule has 0 fully saturated rings. The Morgan fingerprint density at radius 2 is 2.36 bits per heavy atom. The molecule has 0 spiro atoms. The number of aromatic nitrogens is 1. The summed E-state index contributed by atoms with van der Waals surface area (Å²) in [5.41, 5.74) is 0. The summed E-state index contributed by atoms with van der Waals surface area (Å²) in [5.74, 6) is 0.779. The number of anilines is 1. The van der Waals surface area contributed by atoms with Crippen molar-refractivity contribution < 1.29 is 9.13 Å². The van der Waals surface area contributed by atoms with Crippen LogP contribution in [0.15, 0.2) is 18.3 Å². The first-order valence-electron chi connectivity index (χ1n) is 4.56. The molecule has 0 saturated carbocycles. The van der Waals surface area contributed by atoms with Gasteiger partial charge in [-0.15, -0.1) is 0 Å². The second-order valence-corrected chi connectivity index (χ2v) is 3.30. The maximum Gasteiger partial charge on any atom is 0.141 e. The van der Waals surface area contributed by atoms with E-state index in [1.165, 1.54) is 12.3 Å². The van der Waals surface area contributed by atoms with E-state index in [9.17, 15) is 4.39 Å². The zero-order valence-corrected chi connectivity index (χ0v) is 8.46. The van der Waals surface area contributed by atoms with E-state index >= 15 is 0 Å². The first kappa shape index (κ1) is 10.9. The number of pyridine rings is 1. The summed E-state index contributed by atoms with van der Waals surface area (Å²) in [6.45, 7) is 3.54. The molecule has 1 atom stereocenters. The van der Waals surface area contributed by atoms with E-state index in [4.69, 9.17) is 4.74 Å². The fourth-order valence-electron chi connectivity index (χ4n) is 1.10. The van der Waals surface area contributed by atoms with Gasteiger partial charge in [-0.3, -0.25) is 0 Å². The molecule has 0 saturated heterocycles. The highest BCUT2D eigenvalue weighted by atomic mass is 19.1. The molecule has 1 aromatic heterocycles. The van der Waals surface area contributed by atoms with Gasteiger partial charge in [0.2, 0.25) is 0 Å². The molecule has 1 rings (SSSR count). The molecule has 0 amide bonds. The lowest BCUT2D eigenvalue weighted by Gasteiger charge is -2.11. The van der Waals surface area contributed by atoms with E-state index < -0.39 is 0 Å². The lowest BCUT2D eigenvalue weighted by atomic mass is 10.2. The fourth-order valence-corrected chi connectivity index (χ4v) is 1.10. The van der Waals surface area contributed by atoms with Crippen molar-refractivity contribution in [3.63, 3.8) is 0 Å². The normalized spacial score (nSPS) is 12.5. The topological polar surface area (TPSA) is 34.1 Å². The molecule has 1 heterocycles. The van der Waals surface area contributed by atoms with Crippen molar-refractivity contribution in [3.05, 3.63) is 24.1 Å². The number of hydrogen-bond donors (Lipinski definition) is 1. The highest BCUT2D eigenvalue weighted by Crippen LogP contribution is 2.04. The molecule has 1 N–H and O–H groups in total. The summed E-state index contributed by atoms with van der Waals surface area (Å²) in [6, 6.07) is 3.01. The number of nitrogens with one attached hydrogen (secondary N) is 1. The first-order valence-corrected chi connectivity index (χ1v) is 4.56. The second-order valence-electron chi connectivity index (χ2n) is 3.30. The number of nitrogens with zero attached hydrogens (tertiary/aromatic N) is 1. The molecular formula is C10H15FN2O. The van der Waals surface area contributed by atoms with Crippen molar-refractivity contribution >= 4 is 5.82 Å². The molecular weight excluding hydrogens is 183 g/mol. The molecule has 4 heteroatoms. The van der Waals surface area contributed by atoms with Gasteiger partial charge in [-0.1, -0.05) is 6.92 Å². The molecule has 14 heavy (non-hydrogen) atoms. The van der Waals surface area contributed by atoms with E-state index in [1.807, 2.05) is 0 Å². The van der Waals surface area contributed by atoms with Crippen molar-refractivity contribution in [2.45, 2.75) is 6.92 Å². The third kappa shape index (κ3) is 3.70. The SMILES string of the molecule is COCC(C)CNc1ccc(F)cn1. The molecule has 0 aliphatic carbocycles. The zero-order valence-electron chi connectivity index (χ0n) is 8.46. The molecule has 1 unspecified atom stereocenters. The quantitative estimate of drug-likeness (QED) is 0.784. The monoisotopic (exact) mass is 198 g/mol. The summed E-state index contributed by atoms with van der Waals surface area (Å²) in [5, 5.41) is 3.10. The Morgan fingerprint density at radius 1 is 1.57 bits per heavy atom. The van der Waals surface area contributed by atoms with Crippen LogP contribution in [0.2, 0.25) is 0 Å². The van der Waals surface area contributed by atoms with Crippen molar-refractivity contribution in [3.8, 4) is 0 Å². The fraction of sp³-hybridized carbons (Fsp3) is 0.500. The summed E-state index contributed by atoms with van der Waals surface area (Å²) in [7, 11) is 1.67. The molecule has 0 aliphatic heterocycles. The van der Waals surface area contributed by atoms with Gasteiger partial charge in [0.1, 0.15) is 11.6 Å². The minimum atomic E-state index is -0.319. The molecule has 0 aliphatic rings. The van der Waals surface area contributed by atoms with E-state index in [-0.39, 0.29) is 5.82 Å². The van der Waals surface area contributed by atoms with Crippen LogP contribution < -0.4 is 5.32 Å². The van der Waals surface area contributed by atoms with Crippen LogP contribution in [0.5, 0.6) is 0 Å². The summed E-state index contributed by atoms with van der Waals surface area (Å²) in [4.78, 5) is 3.88. The van der Waals surface area contributed by atoms with E-state index in [0.717, 1.165) is 6.54 Å². The van der Waals surface area contributed by atoms with Gasteiger partial charge in [0.15, 0.2) is 0 Å². The van der Waals surface area contributed by atoms with E-state index in [0.29, 0.717) is 18.3 Å². The van der Waals surface area contributed by atoms with Crippen molar-refractivity contribution in [1.29, 1.82) is 0 Å². The Bertz CT molecular complexity index is 263. The second kappa shape index (κ2) is 5.54. The number of ether oxygens (including phenoxy) is 1. The maximum atomic E-state index is 12.5. The van der Waals surface area contributed by atoms with Crippen LogP contribution in [0.25, 0.3) is 0 Å². The molecule has 0 bridgehead atoms. The first-order chi connectivity index (χ1) is 6.72. The summed E-state index contributed by atoms with van der Waals surface area (Å²) < 4.78 is 17.5. The van der Waals surface area contributed by atoms with Crippen LogP contribution in [0.1, 0.15) is 6.92 Å². The smallest absolute Gasteiger partial charge is 0.141 e. The molecule has 1 aromatic rings. The standard InChI is InChI=1S/C10H15FN2O/c1-8(7-14-2)5-12-10-4-3-9(11)6-13-10/h3-4,6,8H,5,7H2,1-2H3,(H,12,13). The van der Waals surface area contributed by atoms with Crippen molar-refractivity contribution in [1.82, 2.24) is 4.98 Å². The molecule has 0 radical (unpaired) electrons. The Hall–Kier alpha value is -1.16. The summed E-state index contributed by atoms with van der Waals surface area (Å²) in [6.07, 6.45) is 1.20. The minimum Gasteiger partial charge on any atom is -0.384 e. The number of hydrogen-bond acceptors (Lipinski definition) is 3. The average Bonchev–Trinajstić information content (AvgIpc) is 2.17. The predicted molar refractivity (Wildman–Crippen MR) is 53.7 cm³/mol. The van der Waals surface area contributed by atoms with Crippen LogP contribution in [-0.4, -0.2) is 25.2 Å². The van der Waals surface area contributed by atoms with E-state index in [1.54, 1.807) is 13.2 Å². The highest BCUT2D eigenvalue weighted by Gasteiger charge is 2.01. The highest BCUT2D eigenvalue weighted by molar-refractivity contribution is 5.33. The van der Waals surface area contributed by atoms with E-state index in [2.05, 4.69) is 17.2 Å².